The van der Waals surface area contributed by atoms with E-state index < -0.39 is 0 Å². The van der Waals surface area contributed by atoms with Crippen LogP contribution in [-0.4, -0.2) is 13.7 Å². The molecule has 17 heavy (non-hydrogen) atoms. The Morgan fingerprint density at radius 1 is 1.18 bits per heavy atom. The molecular formula is C15H23NO. The smallest absolute Gasteiger partial charge is 0.125 e. The zero-order valence-corrected chi connectivity index (χ0v) is 11.6. The maximum Gasteiger partial charge on any atom is 0.125 e. The number of ether oxygens (including phenoxy) is 1. The van der Waals surface area contributed by atoms with E-state index in [2.05, 4.69) is 33.0 Å². The van der Waals surface area contributed by atoms with Crippen molar-refractivity contribution in [1.29, 1.82) is 0 Å². The van der Waals surface area contributed by atoms with Crippen molar-refractivity contribution in [3.05, 3.63) is 27.8 Å². The average Bonchev–Trinajstić information content (AvgIpc) is 2.36. The number of methoxy groups -OCH3 is 1. The Morgan fingerprint density at radius 2 is 1.88 bits per heavy atom. The first-order chi connectivity index (χ1) is 8.11. The number of hydrogen-bond donors (Lipinski definition) is 1. The maximum atomic E-state index is 5.64. The van der Waals surface area contributed by atoms with E-state index in [4.69, 9.17) is 4.74 Å². The van der Waals surface area contributed by atoms with Crippen molar-refractivity contribution >= 4 is 0 Å². The molecule has 1 unspecified atom stereocenters. The summed E-state index contributed by atoms with van der Waals surface area (Å²) in [5.74, 6) is 1.11. The van der Waals surface area contributed by atoms with Crippen molar-refractivity contribution in [3.8, 4) is 5.75 Å². The lowest BCUT2D eigenvalue weighted by molar-refractivity contribution is 0.395. The Balaban J connectivity index is 2.71. The van der Waals surface area contributed by atoms with E-state index in [1.807, 2.05) is 0 Å². The van der Waals surface area contributed by atoms with Gasteiger partial charge in [-0.05, 0) is 62.4 Å². The van der Waals surface area contributed by atoms with E-state index in [-0.39, 0.29) is 0 Å². The standard InChI is InChI=1S/C15H23NO/c1-6-13-14-10(3)9(2)11(4)15(17-5)12(14)7-8-16-13/h13,16H,6-8H2,1-5H3. The molecule has 1 N–H and O–H groups in total. The van der Waals surface area contributed by atoms with Gasteiger partial charge in [0.05, 0.1) is 7.11 Å². The van der Waals surface area contributed by atoms with Crippen molar-refractivity contribution in [2.45, 2.75) is 46.6 Å². The lowest BCUT2D eigenvalue weighted by Gasteiger charge is -2.31. The van der Waals surface area contributed by atoms with Crippen LogP contribution in [0.5, 0.6) is 5.75 Å². The Kier molecular flexibility index (Phi) is 3.43. The molecule has 94 valence electrons. The largest absolute Gasteiger partial charge is 0.496 e. The van der Waals surface area contributed by atoms with Crippen molar-refractivity contribution < 1.29 is 4.74 Å². The second-order valence-corrected chi connectivity index (χ2v) is 4.97. The molecule has 0 amide bonds. The lowest BCUT2D eigenvalue weighted by Crippen LogP contribution is -2.31. The van der Waals surface area contributed by atoms with E-state index in [1.165, 1.54) is 27.8 Å². The van der Waals surface area contributed by atoms with Crippen LogP contribution in [0.25, 0.3) is 0 Å². The Hall–Kier alpha value is -1.02. The molecule has 0 spiro atoms. The van der Waals surface area contributed by atoms with Crippen LogP contribution in [0.3, 0.4) is 0 Å². The van der Waals surface area contributed by atoms with Crippen LogP contribution in [0.4, 0.5) is 0 Å². The van der Waals surface area contributed by atoms with Gasteiger partial charge in [-0.1, -0.05) is 6.92 Å². The molecule has 2 heteroatoms. The topological polar surface area (TPSA) is 21.3 Å². The fourth-order valence-electron chi connectivity index (χ4n) is 3.05. The molecule has 1 aliphatic rings. The van der Waals surface area contributed by atoms with Gasteiger partial charge in [0.2, 0.25) is 0 Å². The third kappa shape index (κ3) is 1.85. The summed E-state index contributed by atoms with van der Waals surface area (Å²) >= 11 is 0. The predicted octanol–water partition coefficient (Wildman–Crippen LogP) is 3.22. The van der Waals surface area contributed by atoms with E-state index >= 15 is 0 Å². The van der Waals surface area contributed by atoms with E-state index in [0.717, 1.165) is 25.1 Å². The number of fused-ring (bicyclic) bond motifs is 1. The highest BCUT2D eigenvalue weighted by Crippen LogP contribution is 2.39. The predicted molar refractivity (Wildman–Crippen MR) is 71.9 cm³/mol. The summed E-state index contributed by atoms with van der Waals surface area (Å²) < 4.78 is 5.64. The van der Waals surface area contributed by atoms with Gasteiger partial charge < -0.3 is 10.1 Å². The van der Waals surface area contributed by atoms with Gasteiger partial charge in [-0.3, -0.25) is 0 Å². The summed E-state index contributed by atoms with van der Waals surface area (Å²) in [6.07, 6.45) is 2.22. The molecular weight excluding hydrogens is 210 g/mol. The highest BCUT2D eigenvalue weighted by atomic mass is 16.5. The van der Waals surface area contributed by atoms with Crippen molar-refractivity contribution in [3.63, 3.8) is 0 Å². The van der Waals surface area contributed by atoms with Gasteiger partial charge in [0.15, 0.2) is 0 Å². The quantitative estimate of drug-likeness (QED) is 0.847. The highest BCUT2D eigenvalue weighted by Gasteiger charge is 2.26. The summed E-state index contributed by atoms with van der Waals surface area (Å²) in [7, 11) is 1.79. The van der Waals surface area contributed by atoms with Gasteiger partial charge in [-0.15, -0.1) is 0 Å². The molecule has 2 rings (SSSR count). The first-order valence-corrected chi connectivity index (χ1v) is 6.51. The molecule has 1 aromatic rings. The van der Waals surface area contributed by atoms with Crippen LogP contribution in [0.1, 0.15) is 47.2 Å². The molecule has 0 aromatic heterocycles. The summed E-state index contributed by atoms with van der Waals surface area (Å²) in [5, 5.41) is 3.61. The second kappa shape index (κ2) is 4.69. The SMILES string of the molecule is CCC1NCCc2c(OC)c(C)c(C)c(C)c21. The maximum absolute atomic E-state index is 5.64. The number of rotatable bonds is 2. The van der Waals surface area contributed by atoms with E-state index in [1.54, 1.807) is 7.11 Å². The molecule has 0 aliphatic carbocycles. The first kappa shape index (κ1) is 12.4. The molecule has 0 saturated heterocycles. The minimum Gasteiger partial charge on any atom is -0.496 e. The van der Waals surface area contributed by atoms with Gasteiger partial charge in [-0.25, -0.2) is 0 Å². The van der Waals surface area contributed by atoms with E-state index in [0.29, 0.717) is 6.04 Å². The highest BCUT2D eigenvalue weighted by molar-refractivity contribution is 5.56. The van der Waals surface area contributed by atoms with Gasteiger partial charge in [-0.2, -0.15) is 0 Å². The van der Waals surface area contributed by atoms with Gasteiger partial charge in [0, 0.05) is 11.6 Å². The normalized spacial score (nSPS) is 19.0. The van der Waals surface area contributed by atoms with Gasteiger partial charge in [0.25, 0.3) is 0 Å². The fourth-order valence-corrected chi connectivity index (χ4v) is 3.05. The molecule has 1 aliphatic heterocycles. The average molecular weight is 233 g/mol. The van der Waals surface area contributed by atoms with Crippen molar-refractivity contribution in [2.24, 2.45) is 0 Å². The van der Waals surface area contributed by atoms with Crippen molar-refractivity contribution in [1.82, 2.24) is 5.32 Å². The Bertz CT molecular complexity index is 437. The van der Waals surface area contributed by atoms with Crippen molar-refractivity contribution in [2.75, 3.05) is 13.7 Å². The second-order valence-electron chi connectivity index (χ2n) is 4.97. The summed E-state index contributed by atoms with van der Waals surface area (Å²) in [6.45, 7) is 9.92. The molecule has 0 saturated carbocycles. The summed E-state index contributed by atoms with van der Waals surface area (Å²) in [6, 6.07) is 0.493. The fraction of sp³-hybridized carbons (Fsp3) is 0.600. The summed E-state index contributed by atoms with van der Waals surface area (Å²) in [4.78, 5) is 0. The summed E-state index contributed by atoms with van der Waals surface area (Å²) in [5.41, 5.74) is 7.04. The minimum atomic E-state index is 0.493. The molecule has 1 heterocycles. The van der Waals surface area contributed by atoms with Crippen LogP contribution >= 0.6 is 0 Å². The lowest BCUT2D eigenvalue weighted by atomic mass is 9.84. The molecule has 0 bridgehead atoms. The zero-order chi connectivity index (χ0) is 12.6. The zero-order valence-electron chi connectivity index (χ0n) is 11.6. The molecule has 1 atom stereocenters. The van der Waals surface area contributed by atoms with Crippen LogP contribution < -0.4 is 10.1 Å². The van der Waals surface area contributed by atoms with Gasteiger partial charge in [0.1, 0.15) is 5.75 Å². The molecule has 0 fully saturated rings. The monoisotopic (exact) mass is 233 g/mol. The minimum absolute atomic E-state index is 0.493. The van der Waals surface area contributed by atoms with Crippen LogP contribution in [-0.2, 0) is 6.42 Å². The Morgan fingerprint density at radius 3 is 2.47 bits per heavy atom. The molecule has 1 aromatic carbocycles. The third-order valence-electron chi connectivity index (χ3n) is 4.20. The van der Waals surface area contributed by atoms with Crippen LogP contribution in [0.15, 0.2) is 0 Å². The first-order valence-electron chi connectivity index (χ1n) is 6.51. The molecule has 0 radical (unpaired) electrons. The van der Waals surface area contributed by atoms with Crippen LogP contribution in [0, 0.1) is 20.8 Å². The molecule has 2 nitrogen and oxygen atoms in total. The van der Waals surface area contributed by atoms with Gasteiger partial charge >= 0.3 is 0 Å². The third-order valence-corrected chi connectivity index (χ3v) is 4.20. The number of hydrogen-bond acceptors (Lipinski definition) is 2. The Labute approximate surface area is 104 Å². The van der Waals surface area contributed by atoms with E-state index in [9.17, 15) is 0 Å². The van der Waals surface area contributed by atoms with Crippen LogP contribution in [0.2, 0.25) is 0 Å². The number of benzene rings is 1. The number of nitrogens with one attached hydrogen (secondary N) is 1.